The highest BCUT2D eigenvalue weighted by molar-refractivity contribution is 6.42. The van der Waals surface area contributed by atoms with E-state index in [1.165, 1.54) is 18.2 Å². The van der Waals surface area contributed by atoms with Gasteiger partial charge in [-0.25, -0.2) is 9.69 Å². The fraction of sp³-hybridized carbons (Fsp3) is 0.0455. The number of rotatable bonds is 3. The van der Waals surface area contributed by atoms with Crippen LogP contribution in [0.4, 0.5) is 10.5 Å². The molecule has 1 fully saturated rings. The number of ether oxygens (including phenoxy) is 2. The number of urea groups is 1. The maximum Gasteiger partial charge on any atom is 0.335 e. The fourth-order valence-electron chi connectivity index (χ4n) is 3.29. The van der Waals surface area contributed by atoms with Gasteiger partial charge < -0.3 is 13.9 Å². The zero-order valence-corrected chi connectivity index (χ0v) is 17.6. The smallest absolute Gasteiger partial charge is 0.335 e. The minimum Gasteiger partial charge on any atom is -0.457 e. The molecule has 2 aromatic carbocycles. The van der Waals surface area contributed by atoms with Crippen molar-refractivity contribution in [1.82, 2.24) is 5.32 Å². The van der Waals surface area contributed by atoms with Gasteiger partial charge in [-0.1, -0.05) is 23.2 Å². The molecule has 0 aliphatic carbocycles. The quantitative estimate of drug-likeness (QED) is 0.441. The molecule has 1 N–H and O–H groups in total. The van der Waals surface area contributed by atoms with Crippen LogP contribution in [0, 0.1) is 0 Å². The van der Waals surface area contributed by atoms with E-state index in [0.717, 1.165) is 4.90 Å². The lowest BCUT2D eigenvalue weighted by Crippen LogP contribution is -2.54. The predicted molar refractivity (Wildman–Crippen MR) is 116 cm³/mol. The Morgan fingerprint density at radius 3 is 2.53 bits per heavy atom. The van der Waals surface area contributed by atoms with Crippen LogP contribution in [0.25, 0.3) is 17.4 Å². The summed E-state index contributed by atoms with van der Waals surface area (Å²) in [5.41, 5.74) is 0.629. The Labute approximate surface area is 190 Å². The van der Waals surface area contributed by atoms with Crippen molar-refractivity contribution >= 4 is 52.8 Å². The standard InChI is InChI=1S/C22H12Cl2N2O6/c23-15-4-1-11(7-16(15)24)17-6-3-13(32-17)9-14-20(27)25-22(29)26(21(14)28)12-2-5-18-19(8-12)31-10-30-18/h1-9H,10H2,(H,25,27,29)/b14-9-. The van der Waals surface area contributed by atoms with Crippen molar-refractivity contribution in [3.8, 4) is 22.8 Å². The van der Waals surface area contributed by atoms with Gasteiger partial charge in [-0.05, 0) is 48.5 Å². The van der Waals surface area contributed by atoms with Crippen molar-refractivity contribution < 1.29 is 28.3 Å². The zero-order valence-electron chi connectivity index (χ0n) is 16.1. The number of halogens is 2. The molecule has 2 aliphatic rings. The molecule has 0 bridgehead atoms. The number of carbonyl (C=O) groups excluding carboxylic acids is 3. The molecule has 2 aliphatic heterocycles. The second kappa shape index (κ2) is 7.74. The van der Waals surface area contributed by atoms with E-state index in [2.05, 4.69) is 5.32 Å². The minimum absolute atomic E-state index is 0.0439. The summed E-state index contributed by atoms with van der Waals surface area (Å²) < 4.78 is 16.3. The summed E-state index contributed by atoms with van der Waals surface area (Å²) in [6, 6.07) is 12.0. The molecule has 0 spiro atoms. The number of benzene rings is 2. The number of hydrogen-bond donors (Lipinski definition) is 1. The molecule has 32 heavy (non-hydrogen) atoms. The van der Waals surface area contributed by atoms with Crippen LogP contribution in [-0.4, -0.2) is 24.6 Å². The summed E-state index contributed by atoms with van der Waals surface area (Å²) in [5, 5.41) is 2.93. The van der Waals surface area contributed by atoms with Crippen LogP contribution in [0.2, 0.25) is 10.0 Å². The molecule has 5 rings (SSSR count). The van der Waals surface area contributed by atoms with Crippen molar-refractivity contribution in [3.63, 3.8) is 0 Å². The summed E-state index contributed by atoms with van der Waals surface area (Å²) in [5.74, 6) is -0.0411. The monoisotopic (exact) mass is 470 g/mol. The number of barbiturate groups is 1. The number of nitrogens with one attached hydrogen (secondary N) is 1. The number of nitrogens with zero attached hydrogens (tertiary/aromatic N) is 1. The minimum atomic E-state index is -0.869. The van der Waals surface area contributed by atoms with Crippen LogP contribution in [-0.2, 0) is 9.59 Å². The SMILES string of the molecule is O=C1NC(=O)N(c2ccc3c(c2)OCO3)C(=O)/C1=C\c1ccc(-c2ccc(Cl)c(Cl)c2)o1. The fourth-order valence-corrected chi connectivity index (χ4v) is 3.59. The number of fused-ring (bicyclic) bond motifs is 1. The van der Waals surface area contributed by atoms with E-state index in [9.17, 15) is 14.4 Å². The van der Waals surface area contributed by atoms with Crippen molar-refractivity contribution in [3.05, 3.63) is 69.9 Å². The van der Waals surface area contributed by atoms with Crippen LogP contribution in [0.1, 0.15) is 5.76 Å². The van der Waals surface area contributed by atoms with Crippen LogP contribution in [0.3, 0.4) is 0 Å². The van der Waals surface area contributed by atoms with E-state index in [4.69, 9.17) is 37.1 Å². The highest BCUT2D eigenvalue weighted by Gasteiger charge is 2.37. The van der Waals surface area contributed by atoms with Gasteiger partial charge in [0.2, 0.25) is 6.79 Å². The maximum atomic E-state index is 13.0. The van der Waals surface area contributed by atoms with Gasteiger partial charge in [-0.3, -0.25) is 14.9 Å². The molecule has 0 atom stereocenters. The molecule has 10 heteroatoms. The average molecular weight is 471 g/mol. The summed E-state index contributed by atoms with van der Waals surface area (Å²) in [4.78, 5) is 38.7. The van der Waals surface area contributed by atoms with E-state index in [1.807, 2.05) is 0 Å². The molecular weight excluding hydrogens is 459 g/mol. The second-order valence-electron chi connectivity index (χ2n) is 6.83. The summed E-state index contributed by atoms with van der Waals surface area (Å²) in [6.07, 6.45) is 1.27. The first kappa shape index (κ1) is 20.2. The third kappa shape index (κ3) is 3.49. The first-order valence-corrected chi connectivity index (χ1v) is 10.0. The summed E-state index contributed by atoms with van der Waals surface area (Å²) >= 11 is 12.0. The van der Waals surface area contributed by atoms with Gasteiger partial charge >= 0.3 is 6.03 Å². The summed E-state index contributed by atoms with van der Waals surface area (Å²) in [6.45, 7) is 0.0439. The lowest BCUT2D eigenvalue weighted by molar-refractivity contribution is -0.122. The van der Waals surface area contributed by atoms with Gasteiger partial charge in [-0.2, -0.15) is 0 Å². The summed E-state index contributed by atoms with van der Waals surface area (Å²) in [7, 11) is 0. The van der Waals surface area contributed by atoms with Crippen LogP contribution in [0.15, 0.2) is 58.5 Å². The largest absolute Gasteiger partial charge is 0.457 e. The Morgan fingerprint density at radius 2 is 1.72 bits per heavy atom. The van der Waals surface area contributed by atoms with E-state index >= 15 is 0 Å². The molecule has 4 amide bonds. The van der Waals surface area contributed by atoms with Crippen molar-refractivity contribution in [1.29, 1.82) is 0 Å². The van der Waals surface area contributed by atoms with E-state index < -0.39 is 17.8 Å². The van der Waals surface area contributed by atoms with Crippen molar-refractivity contribution in [2.24, 2.45) is 0 Å². The first-order valence-electron chi connectivity index (χ1n) is 9.27. The number of imide groups is 2. The number of amides is 4. The molecule has 0 saturated carbocycles. The molecule has 1 aromatic heterocycles. The van der Waals surface area contributed by atoms with Gasteiger partial charge in [0.05, 0.1) is 15.7 Å². The van der Waals surface area contributed by atoms with Gasteiger partial charge in [0.15, 0.2) is 11.5 Å². The van der Waals surface area contributed by atoms with E-state index in [-0.39, 0.29) is 23.8 Å². The lowest BCUT2D eigenvalue weighted by Gasteiger charge is -2.26. The van der Waals surface area contributed by atoms with Crippen molar-refractivity contribution in [2.75, 3.05) is 11.7 Å². The molecule has 0 radical (unpaired) electrons. The predicted octanol–water partition coefficient (Wildman–Crippen LogP) is 4.65. The number of hydrogen-bond acceptors (Lipinski definition) is 6. The average Bonchev–Trinajstić information content (AvgIpc) is 3.42. The second-order valence-corrected chi connectivity index (χ2v) is 7.64. The highest BCUT2D eigenvalue weighted by Crippen LogP contribution is 2.36. The molecule has 8 nitrogen and oxygen atoms in total. The Kier molecular flexibility index (Phi) is 4.88. The molecule has 1 saturated heterocycles. The molecule has 3 aromatic rings. The number of furan rings is 1. The van der Waals surface area contributed by atoms with Gasteiger partial charge in [0.1, 0.15) is 17.1 Å². The molecular formula is C22H12Cl2N2O6. The lowest BCUT2D eigenvalue weighted by atomic mass is 10.1. The topological polar surface area (TPSA) is 98.1 Å². The molecule has 160 valence electrons. The Morgan fingerprint density at radius 1 is 0.906 bits per heavy atom. The Hall–Kier alpha value is -3.75. The van der Waals surface area contributed by atoms with E-state index in [1.54, 1.807) is 36.4 Å². The van der Waals surface area contributed by atoms with E-state index in [0.29, 0.717) is 32.9 Å². The Balaban J connectivity index is 1.47. The normalized spacial score (nSPS) is 16.6. The maximum absolute atomic E-state index is 13.0. The van der Waals surface area contributed by atoms with Crippen LogP contribution >= 0.6 is 23.2 Å². The number of anilines is 1. The van der Waals surface area contributed by atoms with Gasteiger partial charge in [0, 0.05) is 11.6 Å². The van der Waals surface area contributed by atoms with Crippen LogP contribution < -0.4 is 19.7 Å². The third-order valence-electron chi connectivity index (χ3n) is 4.83. The Bertz CT molecular complexity index is 1330. The van der Waals surface area contributed by atoms with Gasteiger partial charge in [0.25, 0.3) is 11.8 Å². The zero-order chi connectivity index (χ0) is 22.4. The van der Waals surface area contributed by atoms with Gasteiger partial charge in [-0.15, -0.1) is 0 Å². The van der Waals surface area contributed by atoms with Crippen LogP contribution in [0.5, 0.6) is 11.5 Å². The number of carbonyl (C=O) groups is 3. The van der Waals surface area contributed by atoms with Crippen molar-refractivity contribution in [2.45, 2.75) is 0 Å². The third-order valence-corrected chi connectivity index (χ3v) is 5.57. The molecule has 3 heterocycles. The highest BCUT2D eigenvalue weighted by atomic mass is 35.5. The first-order chi connectivity index (χ1) is 15.4. The molecule has 0 unspecified atom stereocenters.